The van der Waals surface area contributed by atoms with E-state index in [2.05, 4.69) is 33.1 Å². The molecule has 7 rings (SSSR count). The van der Waals surface area contributed by atoms with E-state index in [0.717, 1.165) is 107 Å². The number of nitrogens with one attached hydrogen (secondary N) is 2. The molecule has 2 aromatic carbocycles. The normalized spacial score (nSPS) is 18.8. The summed E-state index contributed by atoms with van der Waals surface area (Å²) in [7, 11) is 1.40. The Morgan fingerprint density at radius 1 is 0.898 bits per heavy atom. The lowest BCUT2D eigenvalue weighted by Crippen LogP contribution is -2.55. The number of hydrogen-bond acceptors (Lipinski definition) is 10. The van der Waals surface area contributed by atoms with E-state index in [4.69, 9.17) is 13.9 Å². The van der Waals surface area contributed by atoms with Gasteiger partial charge in [0.15, 0.2) is 5.58 Å². The number of nitrogens with zero attached hydrogens (tertiary/aromatic N) is 5. The number of methoxy groups -OCH3 is 1. The number of ether oxygens (including phenoxy) is 2. The van der Waals surface area contributed by atoms with Gasteiger partial charge in [-0.1, -0.05) is 52.0 Å². The Morgan fingerprint density at radius 3 is 2.29 bits per heavy atom. The minimum Gasteiger partial charge on any atom is -0.465 e. The molecular weight excluding hydrogens is 755 g/mol. The first kappa shape index (κ1) is 45.2. The number of esters is 1. The van der Waals surface area contributed by atoms with Crippen LogP contribution in [-0.2, 0) is 31.9 Å². The number of benzene rings is 2. The lowest BCUT2D eigenvalue weighted by Gasteiger charge is -2.43. The second-order valence-electron chi connectivity index (χ2n) is 16.1. The quantitative estimate of drug-likeness (QED) is 0.198. The van der Waals surface area contributed by atoms with E-state index < -0.39 is 5.76 Å². The van der Waals surface area contributed by atoms with Crippen LogP contribution in [0.1, 0.15) is 76.5 Å². The van der Waals surface area contributed by atoms with Gasteiger partial charge in [0.05, 0.1) is 25.8 Å². The molecule has 0 spiro atoms. The third kappa shape index (κ3) is 11.9. The number of urea groups is 1. The predicted octanol–water partition coefficient (Wildman–Crippen LogP) is 5.50. The van der Waals surface area contributed by atoms with Crippen LogP contribution in [0.5, 0.6) is 0 Å². The van der Waals surface area contributed by atoms with Crippen molar-refractivity contribution in [3.05, 3.63) is 63.6 Å². The molecule has 59 heavy (non-hydrogen) atoms. The van der Waals surface area contributed by atoms with Crippen molar-refractivity contribution in [3.63, 3.8) is 0 Å². The van der Waals surface area contributed by atoms with E-state index in [1.165, 1.54) is 12.7 Å². The van der Waals surface area contributed by atoms with Gasteiger partial charge in [-0.3, -0.25) is 24.4 Å². The highest BCUT2D eigenvalue weighted by Gasteiger charge is 2.33. The standard InChI is InChI=1S/C27H40N4O5.C16H21N3O3.CH4/c1-4-5-14-35-24(32)18-29-8-6-22(7-9-29)30-10-12-31(13-11-30)26(33)20(3)16-21-15-19(2)25-23(17-21)36-27(34)28-25;1-22-16(21)18-9-7-13(8-10-18)19-11-6-12-4-2-3-5-14(12)17-15(19)20;/h15,17,20,22H,4-14,16,18H2,1-3H3,(H,28,34);2-5,13H,6-11H2,1H3,(H,17,20);1H4/t20-;;/m1../s1. The lowest BCUT2D eigenvalue weighted by molar-refractivity contribution is -0.145. The lowest BCUT2D eigenvalue weighted by atomic mass is 9.97. The highest BCUT2D eigenvalue weighted by molar-refractivity contribution is 5.91. The second-order valence-corrected chi connectivity index (χ2v) is 16.1. The number of piperazine rings is 1. The first-order valence-electron chi connectivity index (χ1n) is 21.0. The van der Waals surface area contributed by atoms with Crippen LogP contribution in [0.2, 0.25) is 0 Å². The summed E-state index contributed by atoms with van der Waals surface area (Å²) in [5, 5.41) is 3.00. The number of carbonyl (C=O) groups is 4. The zero-order valence-electron chi connectivity index (χ0n) is 34.6. The van der Waals surface area contributed by atoms with Crippen LogP contribution in [0.25, 0.3) is 11.1 Å². The van der Waals surface area contributed by atoms with E-state index in [1.807, 2.05) is 54.0 Å². The maximum absolute atomic E-state index is 13.2. The fourth-order valence-corrected chi connectivity index (χ4v) is 8.70. The number of aryl methyl sites for hydroxylation is 1. The molecule has 0 saturated carbocycles. The summed E-state index contributed by atoms with van der Waals surface area (Å²) in [5.74, 6) is -0.530. The monoisotopic (exact) mass is 819 g/mol. The summed E-state index contributed by atoms with van der Waals surface area (Å²) in [4.78, 5) is 73.7. The van der Waals surface area contributed by atoms with Crippen LogP contribution in [-0.4, -0.2) is 145 Å². The number of unbranched alkanes of at least 4 members (excludes halogenated alkanes) is 1. The fourth-order valence-electron chi connectivity index (χ4n) is 8.70. The van der Waals surface area contributed by atoms with Crippen molar-refractivity contribution in [2.45, 2.75) is 91.6 Å². The van der Waals surface area contributed by atoms with Crippen LogP contribution in [0, 0.1) is 12.8 Å². The van der Waals surface area contributed by atoms with Crippen molar-refractivity contribution in [1.82, 2.24) is 29.5 Å². The molecule has 0 aliphatic carbocycles. The second kappa shape index (κ2) is 21.4. The van der Waals surface area contributed by atoms with Crippen LogP contribution in [0.4, 0.5) is 15.3 Å². The largest absolute Gasteiger partial charge is 0.465 e. The van der Waals surface area contributed by atoms with Crippen molar-refractivity contribution < 1.29 is 33.1 Å². The van der Waals surface area contributed by atoms with Crippen LogP contribution in [0.3, 0.4) is 0 Å². The molecule has 4 aliphatic rings. The number of carbonyl (C=O) groups excluding carboxylic acids is 4. The number of rotatable bonds is 10. The summed E-state index contributed by atoms with van der Waals surface area (Å²) in [6, 6.07) is 12.5. The number of para-hydroxylation sites is 1. The number of amides is 4. The Balaban J connectivity index is 0.000000246. The minimum absolute atomic E-state index is 0. The molecule has 15 heteroatoms. The number of likely N-dealkylation sites (tertiary alicyclic amines) is 2. The third-order valence-corrected chi connectivity index (χ3v) is 12.0. The zero-order chi connectivity index (χ0) is 41.2. The first-order valence-corrected chi connectivity index (χ1v) is 21.0. The Bertz CT molecular complexity index is 1920. The fraction of sp³-hybridized carbons (Fsp3) is 0.614. The van der Waals surface area contributed by atoms with E-state index in [-0.39, 0.29) is 43.4 Å². The number of hydrogen-bond donors (Lipinski definition) is 2. The average molecular weight is 820 g/mol. The SMILES string of the molecule is C.CCCCOC(=O)CN1CCC(N2CCN(C(=O)[C@H](C)Cc3cc(C)c4[nH]c(=O)oc4c3)CC2)CC1.COC(=O)N1CCC(N2CCc3ccccc3NC2=O)CC1. The van der Waals surface area contributed by atoms with E-state index in [1.54, 1.807) is 4.90 Å². The molecule has 1 aromatic heterocycles. The van der Waals surface area contributed by atoms with E-state index >= 15 is 0 Å². The Kier molecular flexibility index (Phi) is 16.4. The smallest absolute Gasteiger partial charge is 0.417 e. The van der Waals surface area contributed by atoms with Gasteiger partial charge < -0.3 is 33.9 Å². The molecule has 0 radical (unpaired) electrons. The Labute approximate surface area is 348 Å². The van der Waals surface area contributed by atoms with Crippen molar-refractivity contribution in [3.8, 4) is 0 Å². The number of H-pyrrole nitrogens is 1. The maximum Gasteiger partial charge on any atom is 0.417 e. The third-order valence-electron chi connectivity index (χ3n) is 12.0. The number of oxazole rings is 1. The zero-order valence-corrected chi connectivity index (χ0v) is 34.6. The maximum atomic E-state index is 13.2. The van der Waals surface area contributed by atoms with Gasteiger partial charge in [-0.05, 0) is 80.7 Å². The van der Waals surface area contributed by atoms with Gasteiger partial charge in [0.25, 0.3) is 0 Å². The highest BCUT2D eigenvalue weighted by atomic mass is 16.5. The minimum atomic E-state index is -0.456. The van der Waals surface area contributed by atoms with Crippen molar-refractivity contribution in [2.75, 3.05) is 84.5 Å². The summed E-state index contributed by atoms with van der Waals surface area (Å²) in [6.07, 6.45) is 6.80. The average Bonchev–Trinajstić information content (AvgIpc) is 3.53. The van der Waals surface area contributed by atoms with Crippen molar-refractivity contribution in [2.24, 2.45) is 5.92 Å². The summed E-state index contributed by atoms with van der Waals surface area (Å²) in [5.41, 5.74) is 5.29. The summed E-state index contributed by atoms with van der Waals surface area (Å²) in [6.45, 7) is 14.0. The van der Waals surface area contributed by atoms with E-state index in [0.29, 0.717) is 50.8 Å². The number of aromatic amines is 1. The van der Waals surface area contributed by atoms with Gasteiger partial charge >= 0.3 is 23.8 Å². The molecule has 4 aliphatic heterocycles. The topological polar surface area (TPSA) is 161 Å². The van der Waals surface area contributed by atoms with Gasteiger partial charge in [-0.25, -0.2) is 14.4 Å². The van der Waals surface area contributed by atoms with E-state index in [9.17, 15) is 24.0 Å². The molecule has 5 heterocycles. The van der Waals surface area contributed by atoms with Gasteiger partial charge in [0.2, 0.25) is 5.91 Å². The molecular formula is C44H65N7O8. The molecule has 3 fully saturated rings. The molecule has 0 unspecified atom stereocenters. The molecule has 0 bridgehead atoms. The Morgan fingerprint density at radius 2 is 1.59 bits per heavy atom. The number of aromatic nitrogens is 1. The molecule has 15 nitrogen and oxygen atoms in total. The predicted molar refractivity (Wildman–Crippen MR) is 228 cm³/mol. The number of piperidine rings is 2. The summed E-state index contributed by atoms with van der Waals surface area (Å²) >= 11 is 0. The van der Waals surface area contributed by atoms with Gasteiger partial charge in [-0.15, -0.1) is 0 Å². The van der Waals surface area contributed by atoms with Gasteiger partial charge in [0.1, 0.15) is 0 Å². The van der Waals surface area contributed by atoms with Gasteiger partial charge in [0, 0.05) is 82.6 Å². The molecule has 324 valence electrons. The highest BCUT2D eigenvalue weighted by Crippen LogP contribution is 2.26. The van der Waals surface area contributed by atoms with Gasteiger partial charge in [-0.2, -0.15) is 0 Å². The number of anilines is 1. The Hall–Kier alpha value is -4.89. The molecule has 3 aromatic rings. The van der Waals surface area contributed by atoms with Crippen LogP contribution in [0.15, 0.2) is 45.6 Å². The number of fused-ring (bicyclic) bond motifs is 2. The molecule has 4 amide bonds. The van der Waals surface area contributed by atoms with Crippen LogP contribution >= 0.6 is 0 Å². The molecule has 3 saturated heterocycles. The van der Waals surface area contributed by atoms with Crippen LogP contribution < -0.4 is 11.1 Å². The first-order chi connectivity index (χ1) is 28.0. The van der Waals surface area contributed by atoms with Crippen molar-refractivity contribution in [1.29, 1.82) is 0 Å². The molecule has 2 N–H and O–H groups in total. The van der Waals surface area contributed by atoms with Crippen molar-refractivity contribution >= 4 is 40.8 Å². The molecule has 1 atom stereocenters. The summed E-state index contributed by atoms with van der Waals surface area (Å²) < 4.78 is 15.3.